The fraction of sp³-hybridized carbons (Fsp3) is 0.333. The van der Waals surface area contributed by atoms with Crippen molar-refractivity contribution in [3.8, 4) is 0 Å². The van der Waals surface area contributed by atoms with Gasteiger partial charge in [0.05, 0.1) is 17.7 Å². The number of carbonyl (C=O) groups is 9. The zero-order valence-corrected chi connectivity index (χ0v) is 29.9. The molecule has 0 aliphatic carbocycles. The van der Waals surface area contributed by atoms with Crippen LogP contribution in [0.2, 0.25) is 0 Å². The van der Waals surface area contributed by atoms with Gasteiger partial charge in [-0.3, -0.25) is 38.6 Å². The monoisotopic (exact) mass is 782 g/mol. The number of carbonyl (C=O) groups excluding carboxylic acids is 7. The van der Waals surface area contributed by atoms with Crippen molar-refractivity contribution in [2.45, 2.75) is 37.3 Å². The number of ether oxygens (including phenoxy) is 1. The van der Waals surface area contributed by atoms with Crippen LogP contribution >= 0.6 is 11.8 Å². The zero-order chi connectivity index (χ0) is 40.1. The third kappa shape index (κ3) is 8.49. The number of hydrogen-bond donors (Lipinski definition) is 6. The van der Waals surface area contributed by atoms with Crippen molar-refractivity contribution < 1.29 is 62.7 Å². The largest absolute Gasteiger partial charge is 0.481 e. The molecule has 1 aromatic heterocycles. The molecule has 3 aliphatic rings. The maximum atomic E-state index is 13.9. The summed E-state index contributed by atoms with van der Waals surface area (Å²) in [7, 11) is 0. The van der Waals surface area contributed by atoms with Crippen molar-refractivity contribution in [2.24, 2.45) is 11.6 Å². The summed E-state index contributed by atoms with van der Waals surface area (Å²) in [4.78, 5) is 116. The normalized spacial score (nSPS) is 18.5. The Balaban J connectivity index is 1.35. The summed E-state index contributed by atoms with van der Waals surface area (Å²) in [6.45, 7) is 1.40. The van der Waals surface area contributed by atoms with Crippen LogP contribution in [0.15, 0.2) is 60.1 Å². The topological polar surface area (TPSA) is 296 Å². The maximum Gasteiger partial charge on any atom is 0.428 e. The van der Waals surface area contributed by atoms with Crippen LogP contribution in [-0.2, 0) is 40.0 Å². The molecule has 0 saturated carbocycles. The van der Waals surface area contributed by atoms with E-state index in [0.29, 0.717) is 15.5 Å². The number of hydrogen-bond acceptors (Lipinski definition) is 12. The lowest BCUT2D eigenvalue weighted by Crippen LogP contribution is -2.71. The maximum absolute atomic E-state index is 13.9. The average molecular weight is 783 g/mol. The number of thioether (sulfide) groups is 1. The minimum absolute atomic E-state index is 0.0419. The molecule has 1 aromatic carbocycles. The average Bonchev–Trinajstić information content (AvgIpc) is 3.16. The van der Waals surface area contributed by atoms with Gasteiger partial charge in [-0.15, -0.1) is 11.8 Å². The van der Waals surface area contributed by atoms with E-state index in [1.165, 1.54) is 65.5 Å². The van der Waals surface area contributed by atoms with E-state index < -0.39 is 84.1 Å². The molecule has 5 rings (SSSR count). The zero-order valence-electron chi connectivity index (χ0n) is 29.1. The van der Waals surface area contributed by atoms with Gasteiger partial charge in [0.25, 0.3) is 5.91 Å². The minimum Gasteiger partial charge on any atom is -0.481 e. The first-order valence-corrected chi connectivity index (χ1v) is 17.6. The Morgan fingerprint density at radius 1 is 1.02 bits per heavy atom. The number of anilines is 1. The van der Waals surface area contributed by atoms with E-state index in [1.807, 2.05) is 0 Å². The van der Waals surface area contributed by atoms with Crippen molar-refractivity contribution in [1.82, 2.24) is 25.3 Å². The molecule has 8 N–H and O–H groups in total. The van der Waals surface area contributed by atoms with Gasteiger partial charge >= 0.3 is 35.9 Å². The SMILES string of the molecule is CCN1CCN(C(=O)N[C@@H](C(=O)N[C@@H]2C(=O)N3C(C(=O)O)=C(C[n+]4ccc(C(N)=O)cc4)CS[C@@H]23)c2ccc(N(N)C(=O)OCCC(=O)O)cc2)C(=O)C1=O. The van der Waals surface area contributed by atoms with Gasteiger partial charge in [-0.1, -0.05) is 12.1 Å². The number of hydrazine groups is 1. The number of benzene rings is 1. The molecule has 8 amide bonds. The van der Waals surface area contributed by atoms with Gasteiger partial charge in [0.1, 0.15) is 29.8 Å². The first-order valence-electron chi connectivity index (χ1n) is 16.6. The smallest absolute Gasteiger partial charge is 0.428 e. The van der Waals surface area contributed by atoms with Crippen LogP contribution in [0.25, 0.3) is 0 Å². The number of rotatable bonds is 13. The molecule has 2 saturated heterocycles. The highest BCUT2D eigenvalue weighted by Crippen LogP contribution is 2.40. The van der Waals surface area contributed by atoms with Gasteiger partial charge in [-0.2, -0.15) is 0 Å². The number of nitrogens with one attached hydrogen (secondary N) is 2. The summed E-state index contributed by atoms with van der Waals surface area (Å²) in [5, 5.41) is 23.6. The van der Waals surface area contributed by atoms with Crippen LogP contribution in [0.5, 0.6) is 0 Å². The van der Waals surface area contributed by atoms with Crippen LogP contribution in [-0.4, -0.2) is 122 Å². The van der Waals surface area contributed by atoms with E-state index >= 15 is 0 Å². The number of pyridine rings is 1. The molecule has 2 fully saturated rings. The van der Waals surface area contributed by atoms with Gasteiger partial charge in [-0.25, -0.2) is 29.8 Å². The second-order valence-electron chi connectivity index (χ2n) is 12.2. The molecule has 4 heterocycles. The summed E-state index contributed by atoms with van der Waals surface area (Å²) in [5.41, 5.74) is 5.78. The highest BCUT2D eigenvalue weighted by molar-refractivity contribution is 8.00. The number of carboxylic acids is 2. The van der Waals surface area contributed by atoms with E-state index in [9.17, 15) is 48.3 Å². The lowest BCUT2D eigenvalue weighted by Gasteiger charge is -2.49. The summed E-state index contributed by atoms with van der Waals surface area (Å²) in [6, 6.07) is 4.21. The molecule has 3 atom stereocenters. The van der Waals surface area contributed by atoms with E-state index in [2.05, 4.69) is 10.6 Å². The molecule has 0 unspecified atom stereocenters. The third-order valence-electron chi connectivity index (χ3n) is 8.81. The molecule has 55 heavy (non-hydrogen) atoms. The number of imide groups is 1. The first-order chi connectivity index (χ1) is 26.1. The van der Waals surface area contributed by atoms with Crippen LogP contribution in [0.4, 0.5) is 15.3 Å². The number of piperazine rings is 1. The molecular formula is C33H36N9O12S+. The summed E-state index contributed by atoms with van der Waals surface area (Å²) in [6.07, 6.45) is 1.54. The highest BCUT2D eigenvalue weighted by atomic mass is 32.2. The van der Waals surface area contributed by atoms with Crippen molar-refractivity contribution in [2.75, 3.05) is 37.0 Å². The quantitative estimate of drug-likeness (QED) is 0.0328. The van der Waals surface area contributed by atoms with Crippen LogP contribution in [0.3, 0.4) is 0 Å². The van der Waals surface area contributed by atoms with Crippen molar-refractivity contribution in [1.29, 1.82) is 0 Å². The van der Waals surface area contributed by atoms with Gasteiger partial charge in [-0.05, 0) is 24.6 Å². The van der Waals surface area contributed by atoms with Crippen molar-refractivity contribution >= 4 is 71.0 Å². The highest BCUT2D eigenvalue weighted by Gasteiger charge is 2.55. The Hall–Kier alpha value is -6.55. The molecule has 22 heteroatoms. The third-order valence-corrected chi connectivity index (χ3v) is 10.1. The summed E-state index contributed by atoms with van der Waals surface area (Å²) in [5.74, 6) is -0.942. The number of aliphatic carboxylic acids is 2. The fourth-order valence-electron chi connectivity index (χ4n) is 5.89. The molecule has 0 bridgehead atoms. The number of primary amides is 1. The predicted octanol–water partition coefficient (Wildman–Crippen LogP) is -1.76. The van der Waals surface area contributed by atoms with Gasteiger partial charge in [0.2, 0.25) is 11.8 Å². The Morgan fingerprint density at radius 2 is 1.69 bits per heavy atom. The number of carboxylic acid groups (broad SMARTS) is 2. The van der Waals surface area contributed by atoms with Crippen LogP contribution in [0.1, 0.15) is 35.3 Å². The van der Waals surface area contributed by atoms with E-state index in [4.69, 9.17) is 21.4 Å². The Kier molecular flexibility index (Phi) is 12.0. The number of likely N-dealkylation sites (N-methyl/N-ethyl adjacent to an activating group) is 1. The fourth-order valence-corrected chi connectivity index (χ4v) is 7.22. The van der Waals surface area contributed by atoms with E-state index in [0.717, 1.165) is 4.90 Å². The summed E-state index contributed by atoms with van der Waals surface area (Å²) >= 11 is 1.19. The molecule has 290 valence electrons. The van der Waals surface area contributed by atoms with Crippen LogP contribution < -0.4 is 31.8 Å². The molecule has 0 radical (unpaired) electrons. The number of β-lactam (4-membered cyclic amide) rings is 1. The molecular weight excluding hydrogens is 746 g/mol. The number of nitrogens with two attached hydrogens (primary N) is 2. The Labute approximate surface area is 315 Å². The number of amides is 8. The Bertz CT molecular complexity index is 1970. The lowest BCUT2D eigenvalue weighted by atomic mass is 10.0. The van der Waals surface area contributed by atoms with Gasteiger partial charge in [0.15, 0.2) is 18.9 Å². The second-order valence-corrected chi connectivity index (χ2v) is 13.3. The number of aromatic nitrogens is 1. The van der Waals surface area contributed by atoms with Crippen LogP contribution in [0, 0.1) is 0 Å². The first kappa shape index (κ1) is 39.7. The molecule has 3 aliphatic heterocycles. The molecule has 0 spiro atoms. The van der Waals surface area contributed by atoms with E-state index in [1.54, 1.807) is 11.5 Å². The number of urea groups is 1. The lowest BCUT2D eigenvalue weighted by molar-refractivity contribution is -0.689. The predicted molar refractivity (Wildman–Crippen MR) is 187 cm³/mol. The van der Waals surface area contributed by atoms with E-state index in [-0.39, 0.29) is 54.4 Å². The summed E-state index contributed by atoms with van der Waals surface area (Å²) < 4.78 is 6.43. The van der Waals surface area contributed by atoms with Crippen molar-refractivity contribution in [3.63, 3.8) is 0 Å². The van der Waals surface area contributed by atoms with Gasteiger partial charge in [0, 0.05) is 43.1 Å². The molecule has 2 aromatic rings. The Morgan fingerprint density at radius 3 is 2.29 bits per heavy atom. The number of fused-ring (bicyclic) bond motifs is 1. The number of nitrogens with zero attached hydrogens (tertiary/aromatic N) is 5. The second kappa shape index (κ2) is 16.6. The minimum atomic E-state index is -1.59. The standard InChI is InChI=1S/C33H35N9O12S/c1-2-39-12-13-40(29(49)28(39)48)32(52)37-22(17-3-5-20(6-4-17)42(35)33(53)54-14-9-21(43)44)26(46)36-23-27(47)41-24(31(50)51)19(16-55-30(23)41)15-38-10-7-18(8-11-38)25(34)45/h3-8,10-11,22-23,30H,2,9,12-16,35H2,1H3,(H5-,34,36,37,43,44,45,46,50,51,52)/p+1/t22-,23-,30+/m1/s1. The molecule has 21 nitrogen and oxygen atoms in total. The van der Waals surface area contributed by atoms with Crippen molar-refractivity contribution in [3.05, 3.63) is 71.2 Å². The van der Waals surface area contributed by atoms with Gasteiger partial charge < -0.3 is 36.2 Å².